The number of hydrogen-bond donors (Lipinski definition) is 3. The highest BCUT2D eigenvalue weighted by molar-refractivity contribution is 7.88. The third-order valence-corrected chi connectivity index (χ3v) is 3.07. The lowest BCUT2D eigenvalue weighted by Gasteiger charge is -2.06. The van der Waals surface area contributed by atoms with Crippen molar-refractivity contribution >= 4 is 28.0 Å². The second kappa shape index (κ2) is 7.55. The number of aliphatic carboxylic acids is 1. The van der Waals surface area contributed by atoms with Gasteiger partial charge in [-0.2, -0.15) is 0 Å². The van der Waals surface area contributed by atoms with E-state index in [4.69, 9.17) is 5.11 Å². The van der Waals surface area contributed by atoms with Crippen molar-refractivity contribution in [1.82, 2.24) is 10.0 Å². The molecule has 0 radical (unpaired) electrons. The molecule has 1 aromatic carbocycles. The summed E-state index contributed by atoms with van der Waals surface area (Å²) in [6, 6.07) is 6.42. The van der Waals surface area contributed by atoms with Crippen LogP contribution in [0.4, 0.5) is 0 Å². The Kier molecular flexibility index (Phi) is 6.07. The van der Waals surface area contributed by atoms with Crippen molar-refractivity contribution < 1.29 is 23.1 Å². The molecule has 0 fully saturated rings. The molecule has 3 N–H and O–H groups in total. The zero-order valence-corrected chi connectivity index (χ0v) is 12.2. The van der Waals surface area contributed by atoms with E-state index in [0.717, 1.165) is 12.3 Å². The molecular formula is C13H16N2O5S. The van der Waals surface area contributed by atoms with Gasteiger partial charge in [0.25, 0.3) is 5.91 Å². The van der Waals surface area contributed by atoms with Crippen LogP contribution in [0.2, 0.25) is 0 Å². The zero-order chi connectivity index (χ0) is 15.9. The number of hydrogen-bond acceptors (Lipinski definition) is 4. The van der Waals surface area contributed by atoms with Gasteiger partial charge in [-0.3, -0.25) is 4.79 Å². The first-order valence-electron chi connectivity index (χ1n) is 6.02. The Morgan fingerprint density at radius 3 is 2.62 bits per heavy atom. The molecule has 1 aromatic rings. The number of carboxylic acid groups (broad SMARTS) is 1. The molecule has 0 unspecified atom stereocenters. The van der Waals surface area contributed by atoms with Crippen molar-refractivity contribution in [3.05, 3.63) is 41.5 Å². The minimum absolute atomic E-state index is 0.100. The van der Waals surface area contributed by atoms with Gasteiger partial charge >= 0.3 is 5.97 Å². The van der Waals surface area contributed by atoms with Crippen LogP contribution in [0.15, 0.2) is 30.3 Å². The quantitative estimate of drug-likeness (QED) is 0.487. The molecule has 0 aliphatic rings. The normalized spacial score (nSPS) is 11.5. The average Bonchev–Trinajstić information content (AvgIpc) is 2.40. The van der Waals surface area contributed by atoms with Crippen LogP contribution >= 0.6 is 0 Å². The van der Waals surface area contributed by atoms with Crippen molar-refractivity contribution in [2.75, 3.05) is 19.3 Å². The fraction of sp³-hybridized carbons (Fsp3) is 0.231. The lowest BCUT2D eigenvalue weighted by atomic mass is 10.1. The van der Waals surface area contributed by atoms with Crippen molar-refractivity contribution in [2.24, 2.45) is 0 Å². The summed E-state index contributed by atoms with van der Waals surface area (Å²) in [5.74, 6) is -1.44. The van der Waals surface area contributed by atoms with E-state index < -0.39 is 16.0 Å². The molecule has 0 saturated heterocycles. The van der Waals surface area contributed by atoms with E-state index >= 15 is 0 Å². The third-order valence-electron chi connectivity index (χ3n) is 2.34. The Bertz CT molecular complexity index is 652. The molecule has 0 heterocycles. The summed E-state index contributed by atoms with van der Waals surface area (Å²) in [6.07, 6.45) is 3.39. The monoisotopic (exact) mass is 312 g/mol. The Hall–Kier alpha value is -2.19. The van der Waals surface area contributed by atoms with Crippen LogP contribution in [-0.4, -0.2) is 44.7 Å². The van der Waals surface area contributed by atoms with Gasteiger partial charge in [0.05, 0.1) is 6.26 Å². The van der Waals surface area contributed by atoms with Crippen LogP contribution < -0.4 is 10.0 Å². The SMILES string of the molecule is CS(=O)(=O)NCCNC(=O)c1cccc(C=CC(=O)O)c1. The molecule has 0 aromatic heterocycles. The summed E-state index contributed by atoms with van der Waals surface area (Å²) < 4.78 is 23.9. The van der Waals surface area contributed by atoms with E-state index in [0.29, 0.717) is 11.1 Å². The van der Waals surface area contributed by atoms with E-state index in [1.54, 1.807) is 24.3 Å². The second-order valence-electron chi connectivity index (χ2n) is 4.22. The molecule has 114 valence electrons. The molecule has 1 rings (SSSR count). The Morgan fingerprint density at radius 1 is 1.29 bits per heavy atom. The lowest BCUT2D eigenvalue weighted by molar-refractivity contribution is -0.131. The molecule has 0 aliphatic carbocycles. The first kappa shape index (κ1) is 16.9. The number of rotatable bonds is 7. The molecule has 0 aliphatic heterocycles. The smallest absolute Gasteiger partial charge is 0.328 e. The van der Waals surface area contributed by atoms with Crippen molar-refractivity contribution in [2.45, 2.75) is 0 Å². The summed E-state index contributed by atoms with van der Waals surface area (Å²) in [4.78, 5) is 22.3. The van der Waals surface area contributed by atoms with E-state index in [1.165, 1.54) is 6.08 Å². The van der Waals surface area contributed by atoms with Gasteiger partial charge in [-0.1, -0.05) is 12.1 Å². The van der Waals surface area contributed by atoms with Crippen LogP contribution in [0.1, 0.15) is 15.9 Å². The van der Waals surface area contributed by atoms with Gasteiger partial charge < -0.3 is 10.4 Å². The van der Waals surface area contributed by atoms with Crippen molar-refractivity contribution in [3.63, 3.8) is 0 Å². The Balaban J connectivity index is 2.58. The number of nitrogens with one attached hydrogen (secondary N) is 2. The molecule has 0 bridgehead atoms. The second-order valence-corrected chi connectivity index (χ2v) is 6.05. The molecule has 8 heteroatoms. The summed E-state index contributed by atoms with van der Waals surface area (Å²) in [6.45, 7) is 0.254. The van der Waals surface area contributed by atoms with E-state index in [1.807, 2.05) is 0 Å². The number of benzene rings is 1. The lowest BCUT2D eigenvalue weighted by Crippen LogP contribution is -2.34. The first-order valence-corrected chi connectivity index (χ1v) is 7.91. The Labute approximate surface area is 122 Å². The molecule has 21 heavy (non-hydrogen) atoms. The van der Waals surface area contributed by atoms with Crippen LogP contribution in [0, 0.1) is 0 Å². The van der Waals surface area contributed by atoms with E-state index in [9.17, 15) is 18.0 Å². The average molecular weight is 312 g/mol. The van der Waals surface area contributed by atoms with Gasteiger partial charge in [0, 0.05) is 24.7 Å². The van der Waals surface area contributed by atoms with Gasteiger partial charge in [-0.25, -0.2) is 17.9 Å². The number of amides is 1. The maximum atomic E-state index is 11.8. The number of carbonyl (C=O) groups excluding carboxylic acids is 1. The molecule has 7 nitrogen and oxygen atoms in total. The summed E-state index contributed by atoms with van der Waals surface area (Å²) in [7, 11) is -3.27. The number of carbonyl (C=O) groups is 2. The van der Waals surface area contributed by atoms with Crippen molar-refractivity contribution in [3.8, 4) is 0 Å². The minimum atomic E-state index is -3.27. The largest absolute Gasteiger partial charge is 0.478 e. The van der Waals surface area contributed by atoms with Crippen LogP contribution in [-0.2, 0) is 14.8 Å². The highest BCUT2D eigenvalue weighted by atomic mass is 32.2. The minimum Gasteiger partial charge on any atom is -0.478 e. The van der Waals surface area contributed by atoms with Crippen LogP contribution in [0.25, 0.3) is 6.08 Å². The highest BCUT2D eigenvalue weighted by Gasteiger charge is 2.06. The van der Waals surface area contributed by atoms with E-state index in [2.05, 4.69) is 10.0 Å². The molecule has 1 amide bonds. The van der Waals surface area contributed by atoms with Crippen LogP contribution in [0.5, 0.6) is 0 Å². The predicted molar refractivity (Wildman–Crippen MR) is 78.3 cm³/mol. The highest BCUT2D eigenvalue weighted by Crippen LogP contribution is 2.07. The fourth-order valence-corrected chi connectivity index (χ4v) is 1.94. The summed E-state index contributed by atoms with van der Waals surface area (Å²) >= 11 is 0. The Morgan fingerprint density at radius 2 is 2.00 bits per heavy atom. The number of sulfonamides is 1. The van der Waals surface area contributed by atoms with Crippen LogP contribution in [0.3, 0.4) is 0 Å². The van der Waals surface area contributed by atoms with E-state index in [-0.39, 0.29) is 19.0 Å². The van der Waals surface area contributed by atoms with Gasteiger partial charge in [-0.15, -0.1) is 0 Å². The molecular weight excluding hydrogens is 296 g/mol. The van der Waals surface area contributed by atoms with Gasteiger partial charge in [0.15, 0.2) is 0 Å². The zero-order valence-electron chi connectivity index (χ0n) is 11.4. The van der Waals surface area contributed by atoms with Gasteiger partial charge in [0.1, 0.15) is 0 Å². The molecule has 0 saturated carbocycles. The maximum absolute atomic E-state index is 11.8. The first-order chi connectivity index (χ1) is 9.78. The fourth-order valence-electron chi connectivity index (χ4n) is 1.47. The summed E-state index contributed by atoms with van der Waals surface area (Å²) in [5.41, 5.74) is 0.946. The maximum Gasteiger partial charge on any atom is 0.328 e. The molecule has 0 spiro atoms. The predicted octanol–water partition coefficient (Wildman–Crippen LogP) is 0.0634. The topological polar surface area (TPSA) is 113 Å². The molecule has 0 atom stereocenters. The standard InChI is InChI=1S/C13H16N2O5S/c1-21(19,20)15-8-7-14-13(18)11-4-2-3-10(9-11)5-6-12(16)17/h2-6,9,15H,7-8H2,1H3,(H,14,18)(H,16,17). The summed E-state index contributed by atoms with van der Waals surface area (Å²) in [5, 5.41) is 11.1. The third kappa shape index (κ3) is 7.23. The number of carboxylic acids is 1. The van der Waals surface area contributed by atoms with Crippen molar-refractivity contribution in [1.29, 1.82) is 0 Å². The van der Waals surface area contributed by atoms with Gasteiger partial charge in [0.2, 0.25) is 10.0 Å². The van der Waals surface area contributed by atoms with Gasteiger partial charge in [-0.05, 0) is 23.8 Å².